The first-order valence-corrected chi connectivity index (χ1v) is 6.29. The number of hydrogen-bond acceptors (Lipinski definition) is 5. The van der Waals surface area contributed by atoms with Gasteiger partial charge in [-0.15, -0.1) is 5.10 Å². The first-order valence-electron chi connectivity index (χ1n) is 5.51. The summed E-state index contributed by atoms with van der Waals surface area (Å²) in [5, 5.41) is 7.12. The average Bonchev–Trinajstić information content (AvgIpc) is 2.82. The van der Waals surface area contributed by atoms with E-state index in [0.717, 1.165) is 19.4 Å². The molecule has 1 N–H and O–H groups in total. The van der Waals surface area contributed by atoms with Gasteiger partial charge < -0.3 is 9.64 Å². The molecule has 1 aliphatic heterocycles. The lowest BCUT2D eigenvalue weighted by Crippen LogP contribution is -2.50. The quantitative estimate of drug-likeness (QED) is 0.872. The molecule has 1 aromatic rings. The minimum atomic E-state index is -0.235. The lowest BCUT2D eigenvalue weighted by atomic mass is 9.95. The molecule has 1 aromatic heterocycles. The first kappa shape index (κ1) is 12.3. The van der Waals surface area contributed by atoms with Crippen molar-refractivity contribution in [2.45, 2.75) is 25.4 Å². The van der Waals surface area contributed by atoms with Crippen LogP contribution in [0.3, 0.4) is 0 Å². The van der Waals surface area contributed by atoms with Crippen molar-refractivity contribution in [1.82, 2.24) is 14.5 Å². The molecule has 1 unspecified atom stereocenters. The van der Waals surface area contributed by atoms with Gasteiger partial charge in [0, 0.05) is 25.2 Å². The Morgan fingerprint density at radius 1 is 1.71 bits per heavy atom. The van der Waals surface area contributed by atoms with Crippen molar-refractivity contribution in [2.24, 2.45) is 0 Å². The van der Waals surface area contributed by atoms with Gasteiger partial charge in [-0.3, -0.25) is 5.32 Å². The number of amides is 2. The Bertz CT molecular complexity index is 384. The predicted octanol–water partition coefficient (Wildman–Crippen LogP) is 1.57. The first-order chi connectivity index (χ1) is 8.13. The van der Waals surface area contributed by atoms with Crippen molar-refractivity contribution in [3.8, 4) is 0 Å². The van der Waals surface area contributed by atoms with Crippen LogP contribution < -0.4 is 5.32 Å². The number of aromatic nitrogens is 2. The number of rotatable bonds is 2. The third kappa shape index (κ3) is 2.92. The van der Waals surface area contributed by atoms with E-state index in [2.05, 4.69) is 14.9 Å². The van der Waals surface area contributed by atoms with Crippen molar-refractivity contribution in [3.63, 3.8) is 0 Å². The smallest absolute Gasteiger partial charge is 0.322 e. The Morgan fingerprint density at radius 3 is 3.18 bits per heavy atom. The molecule has 0 aliphatic carbocycles. The molecule has 0 aromatic carbocycles. The third-order valence-electron chi connectivity index (χ3n) is 3.03. The summed E-state index contributed by atoms with van der Waals surface area (Å²) < 4.78 is 9.15. The van der Waals surface area contributed by atoms with Crippen LogP contribution in [0.5, 0.6) is 0 Å². The fourth-order valence-corrected chi connectivity index (χ4v) is 2.36. The molecular formula is C10H16N4O2S. The molecule has 1 fully saturated rings. The van der Waals surface area contributed by atoms with Crippen LogP contribution in [0.2, 0.25) is 0 Å². The monoisotopic (exact) mass is 256 g/mol. The minimum absolute atomic E-state index is 0.112. The van der Waals surface area contributed by atoms with Crippen molar-refractivity contribution >= 4 is 22.6 Å². The summed E-state index contributed by atoms with van der Waals surface area (Å²) in [6.45, 7) is 3.40. The Balaban J connectivity index is 1.95. The second kappa shape index (κ2) is 4.97. The van der Waals surface area contributed by atoms with Crippen molar-refractivity contribution < 1.29 is 9.53 Å². The summed E-state index contributed by atoms with van der Waals surface area (Å²) in [4.78, 5) is 13.8. The van der Waals surface area contributed by atoms with Crippen LogP contribution in [0.1, 0.15) is 19.8 Å². The summed E-state index contributed by atoms with van der Waals surface area (Å²) in [5.74, 6) is 0. The summed E-state index contributed by atoms with van der Waals surface area (Å²) in [6, 6.07) is -0.112. The van der Waals surface area contributed by atoms with Gasteiger partial charge in [-0.2, -0.15) is 0 Å². The van der Waals surface area contributed by atoms with E-state index < -0.39 is 0 Å². The molecule has 6 nitrogen and oxygen atoms in total. The molecule has 17 heavy (non-hydrogen) atoms. The maximum absolute atomic E-state index is 12.0. The van der Waals surface area contributed by atoms with Crippen molar-refractivity contribution in [3.05, 3.63) is 6.20 Å². The van der Waals surface area contributed by atoms with Gasteiger partial charge in [0.25, 0.3) is 0 Å². The van der Waals surface area contributed by atoms with Gasteiger partial charge in [0.2, 0.25) is 0 Å². The summed E-state index contributed by atoms with van der Waals surface area (Å²) >= 11 is 1.17. The Labute approximate surface area is 104 Å². The predicted molar refractivity (Wildman–Crippen MR) is 65.1 cm³/mol. The van der Waals surface area contributed by atoms with Crippen LogP contribution >= 0.6 is 11.5 Å². The number of nitrogens with zero attached hydrogens (tertiary/aromatic N) is 3. The molecule has 2 heterocycles. The zero-order valence-corrected chi connectivity index (χ0v) is 10.8. The number of ether oxygens (including phenoxy) is 1. The number of urea groups is 1. The van der Waals surface area contributed by atoms with Gasteiger partial charge in [0.05, 0.1) is 18.3 Å². The molecule has 94 valence electrons. The number of piperidine rings is 1. The van der Waals surface area contributed by atoms with Crippen LogP contribution in [-0.2, 0) is 4.74 Å². The van der Waals surface area contributed by atoms with Crippen LogP contribution in [0.4, 0.5) is 9.80 Å². The Hall–Kier alpha value is -1.21. The zero-order chi connectivity index (χ0) is 12.3. The highest BCUT2D eigenvalue weighted by molar-refractivity contribution is 7.10. The molecule has 0 saturated carbocycles. The van der Waals surface area contributed by atoms with E-state index in [1.165, 1.54) is 11.5 Å². The SMILES string of the molecule is COC1(C)CCCN(C(=O)Nc2cnns2)C1. The molecule has 2 amide bonds. The molecule has 7 heteroatoms. The number of likely N-dealkylation sites (tertiary alicyclic amines) is 1. The van der Waals surface area contributed by atoms with E-state index >= 15 is 0 Å². The van der Waals surface area contributed by atoms with Gasteiger partial charge in [-0.25, -0.2) is 4.79 Å². The molecule has 2 rings (SSSR count). The van der Waals surface area contributed by atoms with Gasteiger partial charge in [0.15, 0.2) is 0 Å². The highest BCUT2D eigenvalue weighted by Crippen LogP contribution is 2.24. The van der Waals surface area contributed by atoms with Crippen LogP contribution in [0.25, 0.3) is 0 Å². The Kier molecular flexibility index (Phi) is 3.58. The molecule has 0 radical (unpaired) electrons. The summed E-state index contributed by atoms with van der Waals surface area (Å²) in [6.07, 6.45) is 3.48. The fourth-order valence-electron chi connectivity index (χ4n) is 1.95. The van der Waals surface area contributed by atoms with Gasteiger partial charge in [-0.1, -0.05) is 4.49 Å². The summed E-state index contributed by atoms with van der Waals surface area (Å²) in [5.41, 5.74) is -0.235. The minimum Gasteiger partial charge on any atom is -0.377 e. The number of carbonyl (C=O) groups is 1. The fraction of sp³-hybridized carbons (Fsp3) is 0.700. The number of carbonyl (C=O) groups excluding carboxylic acids is 1. The highest BCUT2D eigenvalue weighted by Gasteiger charge is 2.33. The third-order valence-corrected chi connectivity index (χ3v) is 3.61. The number of nitrogens with one attached hydrogen (secondary N) is 1. The zero-order valence-electron chi connectivity index (χ0n) is 9.97. The molecule has 1 aliphatic rings. The number of hydrogen-bond donors (Lipinski definition) is 1. The number of methoxy groups -OCH3 is 1. The lowest BCUT2D eigenvalue weighted by molar-refractivity contribution is -0.0389. The van der Waals surface area contributed by atoms with E-state index in [1.807, 2.05) is 6.92 Å². The second-order valence-corrected chi connectivity index (χ2v) is 5.18. The maximum Gasteiger partial charge on any atom is 0.322 e. The summed E-state index contributed by atoms with van der Waals surface area (Å²) in [7, 11) is 1.69. The van der Waals surface area contributed by atoms with E-state index in [-0.39, 0.29) is 11.6 Å². The largest absolute Gasteiger partial charge is 0.377 e. The molecule has 1 saturated heterocycles. The van der Waals surface area contributed by atoms with Gasteiger partial charge >= 0.3 is 6.03 Å². The van der Waals surface area contributed by atoms with E-state index in [4.69, 9.17) is 4.74 Å². The second-order valence-electron chi connectivity index (χ2n) is 4.39. The standard InChI is InChI=1S/C10H16N4O2S/c1-10(16-2)4-3-5-14(7-10)9(15)12-8-6-11-13-17-8/h6H,3-5,7H2,1-2H3,(H,12,15). The van der Waals surface area contributed by atoms with Crippen LogP contribution in [-0.4, -0.2) is 46.3 Å². The number of anilines is 1. The molecular weight excluding hydrogens is 240 g/mol. The molecule has 0 spiro atoms. The topological polar surface area (TPSA) is 67.3 Å². The van der Waals surface area contributed by atoms with E-state index in [1.54, 1.807) is 18.2 Å². The van der Waals surface area contributed by atoms with Crippen LogP contribution in [0, 0.1) is 0 Å². The normalized spacial score (nSPS) is 24.7. The molecule has 0 bridgehead atoms. The van der Waals surface area contributed by atoms with E-state index in [9.17, 15) is 4.79 Å². The molecule has 1 atom stereocenters. The van der Waals surface area contributed by atoms with Crippen LogP contribution in [0.15, 0.2) is 6.20 Å². The Morgan fingerprint density at radius 2 is 2.53 bits per heavy atom. The van der Waals surface area contributed by atoms with E-state index in [0.29, 0.717) is 11.5 Å². The lowest BCUT2D eigenvalue weighted by Gasteiger charge is -2.39. The maximum atomic E-state index is 12.0. The van der Waals surface area contributed by atoms with Gasteiger partial charge in [0.1, 0.15) is 5.00 Å². The van der Waals surface area contributed by atoms with Crippen molar-refractivity contribution in [1.29, 1.82) is 0 Å². The highest BCUT2D eigenvalue weighted by atomic mass is 32.1. The average molecular weight is 256 g/mol. The van der Waals surface area contributed by atoms with Crippen molar-refractivity contribution in [2.75, 3.05) is 25.5 Å². The van der Waals surface area contributed by atoms with Gasteiger partial charge in [-0.05, 0) is 19.8 Å².